The van der Waals surface area contributed by atoms with E-state index in [0.717, 1.165) is 10.8 Å². The number of anilines is 1. The van der Waals surface area contributed by atoms with Gasteiger partial charge in [-0.2, -0.15) is 5.48 Å². The van der Waals surface area contributed by atoms with E-state index in [1.54, 1.807) is 12.1 Å². The van der Waals surface area contributed by atoms with E-state index >= 15 is 0 Å². The molecule has 0 aliphatic carbocycles. The number of urea groups is 1. The Labute approximate surface area is 122 Å². The van der Waals surface area contributed by atoms with Crippen LogP contribution < -0.4 is 15.6 Å². The molecule has 0 unspecified atom stereocenters. The van der Waals surface area contributed by atoms with Crippen LogP contribution in [0.3, 0.4) is 0 Å². The zero-order chi connectivity index (χ0) is 14.5. The van der Waals surface area contributed by atoms with Crippen LogP contribution in [0.4, 0.5) is 10.5 Å². The Hall–Kier alpha value is -3.01. The zero-order valence-corrected chi connectivity index (χ0v) is 11.2. The molecule has 0 fully saturated rings. The molecular formula is C17H14N2O2. The smallest absolute Gasteiger partial charge is 0.352 e. The summed E-state index contributed by atoms with van der Waals surface area (Å²) in [6.07, 6.45) is 0. The first-order valence-electron chi connectivity index (χ1n) is 6.59. The van der Waals surface area contributed by atoms with Crippen LogP contribution in [0.15, 0.2) is 72.8 Å². The minimum absolute atomic E-state index is 0.422. The van der Waals surface area contributed by atoms with Gasteiger partial charge in [-0.25, -0.2) is 4.79 Å². The van der Waals surface area contributed by atoms with Crippen LogP contribution in [0.5, 0.6) is 5.75 Å². The van der Waals surface area contributed by atoms with Gasteiger partial charge < -0.3 is 10.2 Å². The molecule has 0 saturated heterocycles. The SMILES string of the molecule is O=C(NOc1ccccc1)Nc1ccc2ccccc2c1. The second kappa shape index (κ2) is 5.96. The Balaban J connectivity index is 1.63. The highest BCUT2D eigenvalue weighted by Gasteiger charge is 2.03. The first-order valence-corrected chi connectivity index (χ1v) is 6.59. The molecule has 0 bridgehead atoms. The molecule has 0 heterocycles. The lowest BCUT2D eigenvalue weighted by Crippen LogP contribution is -2.31. The highest BCUT2D eigenvalue weighted by atomic mass is 16.7. The summed E-state index contributed by atoms with van der Waals surface area (Å²) in [4.78, 5) is 16.9. The number of fused-ring (bicyclic) bond motifs is 1. The molecule has 3 aromatic rings. The molecule has 3 rings (SSSR count). The van der Waals surface area contributed by atoms with E-state index in [-0.39, 0.29) is 0 Å². The van der Waals surface area contributed by atoms with Gasteiger partial charge in [0.15, 0.2) is 5.75 Å². The summed E-state index contributed by atoms with van der Waals surface area (Å²) in [5, 5.41) is 4.93. The fraction of sp³-hybridized carbons (Fsp3) is 0. The number of hydroxylamine groups is 1. The van der Waals surface area contributed by atoms with Crippen molar-refractivity contribution in [2.75, 3.05) is 5.32 Å². The molecule has 0 aromatic heterocycles. The predicted molar refractivity (Wildman–Crippen MR) is 83.2 cm³/mol. The molecule has 0 aliphatic rings. The lowest BCUT2D eigenvalue weighted by Gasteiger charge is -2.09. The van der Waals surface area contributed by atoms with Gasteiger partial charge in [-0.05, 0) is 35.0 Å². The maximum Gasteiger partial charge on any atom is 0.352 e. The quantitative estimate of drug-likeness (QED) is 0.712. The average molecular weight is 278 g/mol. The number of amides is 2. The van der Waals surface area contributed by atoms with Crippen LogP contribution >= 0.6 is 0 Å². The second-order valence-electron chi connectivity index (χ2n) is 4.53. The monoisotopic (exact) mass is 278 g/mol. The number of nitrogens with one attached hydrogen (secondary N) is 2. The van der Waals surface area contributed by atoms with Gasteiger partial charge >= 0.3 is 6.03 Å². The van der Waals surface area contributed by atoms with Gasteiger partial charge in [-0.15, -0.1) is 0 Å². The minimum Gasteiger partial charge on any atom is -0.378 e. The molecule has 4 heteroatoms. The molecule has 0 spiro atoms. The highest BCUT2D eigenvalue weighted by molar-refractivity contribution is 5.93. The number of hydrogen-bond acceptors (Lipinski definition) is 2. The first kappa shape index (κ1) is 13.0. The topological polar surface area (TPSA) is 50.4 Å². The van der Waals surface area contributed by atoms with Gasteiger partial charge in [0.2, 0.25) is 0 Å². The van der Waals surface area contributed by atoms with Gasteiger partial charge in [0.1, 0.15) is 0 Å². The first-order chi connectivity index (χ1) is 10.3. The number of rotatable bonds is 3. The van der Waals surface area contributed by atoms with Crippen molar-refractivity contribution in [3.63, 3.8) is 0 Å². The highest BCUT2D eigenvalue weighted by Crippen LogP contribution is 2.18. The summed E-state index contributed by atoms with van der Waals surface area (Å²) < 4.78 is 0. The molecule has 0 radical (unpaired) electrons. The third-order valence-corrected chi connectivity index (χ3v) is 3.01. The van der Waals surface area contributed by atoms with Gasteiger partial charge in [-0.1, -0.05) is 48.5 Å². The summed E-state index contributed by atoms with van der Waals surface area (Å²) >= 11 is 0. The summed E-state index contributed by atoms with van der Waals surface area (Å²) in [7, 11) is 0. The van der Waals surface area contributed by atoms with Crippen molar-refractivity contribution in [3.8, 4) is 5.75 Å². The van der Waals surface area contributed by atoms with Gasteiger partial charge in [0, 0.05) is 5.69 Å². The summed E-state index contributed by atoms with van der Waals surface area (Å²) in [5.74, 6) is 0.575. The van der Waals surface area contributed by atoms with Crippen molar-refractivity contribution in [2.24, 2.45) is 0 Å². The largest absolute Gasteiger partial charge is 0.378 e. The number of carbonyl (C=O) groups excluding carboxylic acids is 1. The standard InChI is InChI=1S/C17H14N2O2/c20-17(19-21-16-8-2-1-3-9-16)18-15-11-10-13-6-4-5-7-14(13)12-15/h1-12H,(H2,18,19,20). The number of hydrogen-bond donors (Lipinski definition) is 2. The molecule has 4 nitrogen and oxygen atoms in total. The molecule has 104 valence electrons. The van der Waals surface area contributed by atoms with Crippen LogP contribution in [-0.2, 0) is 0 Å². The van der Waals surface area contributed by atoms with Gasteiger partial charge in [-0.3, -0.25) is 0 Å². The van der Waals surface area contributed by atoms with E-state index in [9.17, 15) is 4.79 Å². The summed E-state index contributed by atoms with van der Waals surface area (Å²) in [5.41, 5.74) is 3.06. The van der Waals surface area contributed by atoms with Gasteiger partial charge in [0.05, 0.1) is 0 Å². The molecule has 0 aliphatic heterocycles. The normalized spacial score (nSPS) is 10.1. The molecule has 3 aromatic carbocycles. The Morgan fingerprint density at radius 1 is 0.810 bits per heavy atom. The fourth-order valence-corrected chi connectivity index (χ4v) is 2.02. The molecule has 21 heavy (non-hydrogen) atoms. The number of carbonyl (C=O) groups is 1. The second-order valence-corrected chi connectivity index (χ2v) is 4.53. The Bertz CT molecular complexity index is 757. The maximum atomic E-state index is 11.8. The minimum atomic E-state index is -0.422. The van der Waals surface area contributed by atoms with Crippen molar-refractivity contribution in [3.05, 3.63) is 72.8 Å². The van der Waals surface area contributed by atoms with Crippen molar-refractivity contribution in [2.45, 2.75) is 0 Å². The van der Waals surface area contributed by atoms with E-state index < -0.39 is 6.03 Å². The van der Waals surface area contributed by atoms with Crippen molar-refractivity contribution >= 4 is 22.5 Å². The number of para-hydroxylation sites is 1. The maximum absolute atomic E-state index is 11.8. The van der Waals surface area contributed by atoms with E-state index in [1.807, 2.05) is 60.7 Å². The van der Waals surface area contributed by atoms with Crippen LogP contribution in [0.2, 0.25) is 0 Å². The Morgan fingerprint density at radius 3 is 2.33 bits per heavy atom. The van der Waals surface area contributed by atoms with E-state index in [1.165, 1.54) is 0 Å². The third kappa shape index (κ3) is 3.30. The van der Waals surface area contributed by atoms with Crippen molar-refractivity contribution in [1.29, 1.82) is 0 Å². The zero-order valence-electron chi connectivity index (χ0n) is 11.2. The molecule has 2 N–H and O–H groups in total. The van der Waals surface area contributed by atoms with Crippen LogP contribution in [-0.4, -0.2) is 6.03 Å². The third-order valence-electron chi connectivity index (χ3n) is 3.01. The Kier molecular flexibility index (Phi) is 3.69. The van der Waals surface area contributed by atoms with E-state index in [0.29, 0.717) is 11.4 Å². The van der Waals surface area contributed by atoms with E-state index in [2.05, 4.69) is 10.8 Å². The van der Waals surface area contributed by atoms with Gasteiger partial charge in [0.25, 0.3) is 0 Å². The predicted octanol–water partition coefficient (Wildman–Crippen LogP) is 3.96. The van der Waals surface area contributed by atoms with Crippen molar-refractivity contribution < 1.29 is 9.63 Å². The molecule has 0 atom stereocenters. The lowest BCUT2D eigenvalue weighted by molar-refractivity contribution is 0.189. The lowest BCUT2D eigenvalue weighted by atomic mass is 10.1. The molecular weight excluding hydrogens is 264 g/mol. The summed E-state index contributed by atoms with van der Waals surface area (Å²) in [6.45, 7) is 0. The average Bonchev–Trinajstić information content (AvgIpc) is 2.54. The fourth-order valence-electron chi connectivity index (χ4n) is 2.02. The molecule has 0 saturated carbocycles. The van der Waals surface area contributed by atoms with Crippen LogP contribution in [0.25, 0.3) is 10.8 Å². The summed E-state index contributed by atoms with van der Waals surface area (Å²) in [6, 6.07) is 22.3. The van der Waals surface area contributed by atoms with E-state index in [4.69, 9.17) is 4.84 Å². The molecule has 2 amide bonds. The van der Waals surface area contributed by atoms with Crippen LogP contribution in [0, 0.1) is 0 Å². The van der Waals surface area contributed by atoms with Crippen LogP contribution in [0.1, 0.15) is 0 Å². The Morgan fingerprint density at radius 2 is 1.52 bits per heavy atom. The number of benzene rings is 3. The van der Waals surface area contributed by atoms with Crippen molar-refractivity contribution in [1.82, 2.24) is 5.48 Å².